The molecule has 1 aliphatic rings. The van der Waals surface area contributed by atoms with Crippen LogP contribution in [0.4, 0.5) is 0 Å². The van der Waals surface area contributed by atoms with E-state index in [0.29, 0.717) is 17.5 Å². The van der Waals surface area contributed by atoms with Crippen molar-refractivity contribution in [3.05, 3.63) is 121 Å². The van der Waals surface area contributed by atoms with Gasteiger partial charge in [0, 0.05) is 40.4 Å². The molecule has 37 heavy (non-hydrogen) atoms. The maximum Gasteiger partial charge on any atom is 0.165 e. The van der Waals surface area contributed by atoms with Crippen molar-refractivity contribution in [1.82, 2.24) is 29.9 Å². The van der Waals surface area contributed by atoms with Crippen LogP contribution < -0.4 is 0 Å². The van der Waals surface area contributed by atoms with Crippen molar-refractivity contribution >= 4 is 0 Å². The number of rotatable bonds is 4. The van der Waals surface area contributed by atoms with Crippen molar-refractivity contribution in [3.63, 3.8) is 0 Å². The van der Waals surface area contributed by atoms with Crippen molar-refractivity contribution in [1.29, 1.82) is 0 Å². The first kappa shape index (κ1) is 21.2. The summed E-state index contributed by atoms with van der Waals surface area (Å²) >= 11 is 0. The number of hydrogen-bond acceptors (Lipinski definition) is 6. The van der Waals surface area contributed by atoms with Crippen LogP contribution in [0.3, 0.4) is 0 Å². The number of nitrogens with zero attached hydrogens (tertiary/aromatic N) is 6. The van der Waals surface area contributed by atoms with Gasteiger partial charge in [-0.2, -0.15) is 0 Å². The minimum absolute atomic E-state index is 0.576. The zero-order chi connectivity index (χ0) is 24.6. The Morgan fingerprint density at radius 3 is 1.73 bits per heavy atom. The third-order valence-corrected chi connectivity index (χ3v) is 6.55. The van der Waals surface area contributed by atoms with Crippen LogP contribution in [0.25, 0.3) is 56.8 Å². The Balaban J connectivity index is 1.30. The summed E-state index contributed by atoms with van der Waals surface area (Å²) in [4.78, 5) is 28.3. The van der Waals surface area contributed by atoms with Crippen molar-refractivity contribution in [2.24, 2.45) is 0 Å². The fourth-order valence-corrected chi connectivity index (χ4v) is 4.73. The van der Waals surface area contributed by atoms with Crippen LogP contribution >= 0.6 is 0 Å². The van der Waals surface area contributed by atoms with Gasteiger partial charge in [-0.1, -0.05) is 84.9 Å². The Hall–Kier alpha value is -5.10. The van der Waals surface area contributed by atoms with Crippen molar-refractivity contribution in [3.8, 4) is 56.8 Å². The van der Waals surface area contributed by atoms with Crippen LogP contribution in [-0.2, 0) is 6.42 Å². The molecule has 6 heteroatoms. The van der Waals surface area contributed by atoms with E-state index in [0.717, 1.165) is 45.8 Å². The monoisotopic (exact) mass is 476 g/mol. The van der Waals surface area contributed by atoms with E-state index in [1.807, 2.05) is 85.1 Å². The van der Waals surface area contributed by atoms with Gasteiger partial charge in [0.25, 0.3) is 0 Å². The van der Waals surface area contributed by atoms with Gasteiger partial charge in [0.2, 0.25) is 0 Å². The first-order chi connectivity index (χ1) is 18.3. The number of pyridine rings is 1. The summed E-state index contributed by atoms with van der Waals surface area (Å²) in [5.74, 6) is 1.83. The molecule has 3 aromatic heterocycles. The Morgan fingerprint density at radius 1 is 0.486 bits per heavy atom. The highest BCUT2D eigenvalue weighted by Crippen LogP contribution is 2.38. The standard InChI is InChI=1S/C31H20N6/c1-3-9-20(10-4-1)29-35-30(21-11-5-2-6-12-21)37-31(36-29)23-15-16-26(32-18-23)28-25-17-22-13-7-8-14-24(22)27(25)33-19-34-28/h1-16,18-19H,17H2. The van der Waals surface area contributed by atoms with Crippen molar-refractivity contribution < 1.29 is 0 Å². The molecule has 0 unspecified atom stereocenters. The SMILES string of the molecule is c1ccc(-c2nc(-c3ccccc3)nc(-c3ccc(-c4ncnc5c4Cc4ccccc4-5)nc3)n2)cc1. The minimum Gasteiger partial charge on any atom is -0.254 e. The molecule has 1 aliphatic carbocycles. The van der Waals surface area contributed by atoms with E-state index in [1.165, 1.54) is 11.1 Å². The maximum absolute atomic E-state index is 4.80. The lowest BCUT2D eigenvalue weighted by molar-refractivity contribution is 1.07. The largest absolute Gasteiger partial charge is 0.254 e. The molecule has 6 nitrogen and oxygen atoms in total. The van der Waals surface area contributed by atoms with Gasteiger partial charge in [0.15, 0.2) is 17.5 Å². The van der Waals surface area contributed by atoms with Crippen LogP contribution in [0, 0.1) is 0 Å². The third-order valence-electron chi connectivity index (χ3n) is 6.55. The molecule has 7 rings (SSSR count). The molecule has 6 aromatic rings. The number of fused-ring (bicyclic) bond motifs is 3. The summed E-state index contributed by atoms with van der Waals surface area (Å²) in [5.41, 5.74) is 8.88. The molecular formula is C31H20N6. The zero-order valence-electron chi connectivity index (χ0n) is 19.8. The van der Waals surface area contributed by atoms with E-state index >= 15 is 0 Å². The van der Waals surface area contributed by atoms with Gasteiger partial charge in [-0.05, 0) is 17.7 Å². The third kappa shape index (κ3) is 3.85. The normalized spacial score (nSPS) is 11.7. The van der Waals surface area contributed by atoms with E-state index in [9.17, 15) is 0 Å². The molecule has 174 valence electrons. The second-order valence-corrected chi connectivity index (χ2v) is 8.85. The van der Waals surface area contributed by atoms with Crippen molar-refractivity contribution in [2.45, 2.75) is 6.42 Å². The molecule has 0 radical (unpaired) electrons. The minimum atomic E-state index is 0.576. The van der Waals surface area contributed by atoms with Crippen LogP contribution in [0.15, 0.2) is 110 Å². The van der Waals surface area contributed by atoms with Gasteiger partial charge < -0.3 is 0 Å². The van der Waals surface area contributed by atoms with Gasteiger partial charge in [0.05, 0.1) is 17.1 Å². The lowest BCUT2D eigenvalue weighted by Crippen LogP contribution is -2.01. The predicted octanol–water partition coefficient (Wildman–Crippen LogP) is 6.30. The Morgan fingerprint density at radius 2 is 1.08 bits per heavy atom. The predicted molar refractivity (Wildman–Crippen MR) is 143 cm³/mol. The Kier molecular flexibility index (Phi) is 5.07. The molecule has 0 atom stereocenters. The molecule has 3 aromatic carbocycles. The summed E-state index contributed by atoms with van der Waals surface area (Å²) < 4.78 is 0. The first-order valence-electron chi connectivity index (χ1n) is 12.1. The summed E-state index contributed by atoms with van der Waals surface area (Å²) in [6.07, 6.45) is 4.24. The number of hydrogen-bond donors (Lipinski definition) is 0. The molecule has 0 spiro atoms. The van der Waals surface area contributed by atoms with Crippen LogP contribution in [0.2, 0.25) is 0 Å². The van der Waals surface area contributed by atoms with E-state index < -0.39 is 0 Å². The van der Waals surface area contributed by atoms with Gasteiger partial charge in [-0.3, -0.25) is 4.98 Å². The summed E-state index contributed by atoms with van der Waals surface area (Å²) in [5, 5.41) is 0. The second-order valence-electron chi connectivity index (χ2n) is 8.85. The highest BCUT2D eigenvalue weighted by Gasteiger charge is 2.24. The molecule has 0 fully saturated rings. The van der Waals surface area contributed by atoms with Crippen molar-refractivity contribution in [2.75, 3.05) is 0 Å². The van der Waals surface area contributed by atoms with Gasteiger partial charge in [-0.15, -0.1) is 0 Å². The smallest absolute Gasteiger partial charge is 0.165 e. The quantitative estimate of drug-likeness (QED) is 0.297. The highest BCUT2D eigenvalue weighted by atomic mass is 15.0. The van der Waals surface area contributed by atoms with E-state index in [-0.39, 0.29) is 0 Å². The molecule has 3 heterocycles. The van der Waals surface area contributed by atoms with Gasteiger partial charge >= 0.3 is 0 Å². The van der Waals surface area contributed by atoms with E-state index in [1.54, 1.807) is 6.33 Å². The molecular weight excluding hydrogens is 456 g/mol. The van der Waals surface area contributed by atoms with E-state index in [4.69, 9.17) is 19.9 Å². The molecule has 0 aliphatic heterocycles. The van der Waals surface area contributed by atoms with Gasteiger partial charge in [-0.25, -0.2) is 24.9 Å². The fraction of sp³-hybridized carbons (Fsp3) is 0.0323. The second kappa shape index (κ2) is 8.84. The molecule has 0 bridgehead atoms. The summed E-state index contributed by atoms with van der Waals surface area (Å²) in [6.45, 7) is 0. The molecule has 0 saturated carbocycles. The zero-order valence-corrected chi connectivity index (χ0v) is 19.8. The fourth-order valence-electron chi connectivity index (χ4n) is 4.73. The summed E-state index contributed by atoms with van der Waals surface area (Å²) in [6, 6.07) is 32.2. The molecule has 0 N–H and O–H groups in total. The average molecular weight is 477 g/mol. The first-order valence-corrected chi connectivity index (χ1v) is 12.1. The van der Waals surface area contributed by atoms with Crippen LogP contribution in [0.1, 0.15) is 11.1 Å². The Bertz CT molecular complexity index is 1670. The van der Waals surface area contributed by atoms with Gasteiger partial charge in [0.1, 0.15) is 6.33 Å². The summed E-state index contributed by atoms with van der Waals surface area (Å²) in [7, 11) is 0. The lowest BCUT2D eigenvalue weighted by Gasteiger charge is -2.09. The Labute approximate surface area is 213 Å². The topological polar surface area (TPSA) is 77.3 Å². The van der Waals surface area contributed by atoms with E-state index in [2.05, 4.69) is 28.2 Å². The lowest BCUT2D eigenvalue weighted by atomic mass is 10.1. The average Bonchev–Trinajstić information content (AvgIpc) is 3.37. The van der Waals surface area contributed by atoms with Crippen LogP contribution in [0.5, 0.6) is 0 Å². The number of aromatic nitrogens is 6. The highest BCUT2D eigenvalue weighted by molar-refractivity contribution is 5.79. The van der Waals surface area contributed by atoms with Crippen LogP contribution in [-0.4, -0.2) is 29.9 Å². The maximum atomic E-state index is 4.80. The molecule has 0 saturated heterocycles. The number of benzene rings is 3. The molecule has 0 amide bonds.